The normalized spacial score (nSPS) is 13.8. The number of benzene rings is 1. The van der Waals surface area contributed by atoms with Gasteiger partial charge in [0.2, 0.25) is 5.91 Å². The molecule has 0 radical (unpaired) electrons. The van der Waals surface area contributed by atoms with E-state index in [1.165, 1.54) is 4.90 Å². The number of hydrogen-bond donors (Lipinski definition) is 2. The number of rotatable bonds is 4. The third-order valence-electron chi connectivity index (χ3n) is 3.03. The van der Waals surface area contributed by atoms with Crippen LogP contribution < -0.4 is 15.5 Å². The lowest BCUT2D eigenvalue weighted by molar-refractivity contribution is -0.118. The zero-order valence-corrected chi connectivity index (χ0v) is 12.6. The lowest BCUT2D eigenvalue weighted by Crippen LogP contribution is -2.44. The number of nitrogens with zero attached hydrogens (tertiary/aromatic N) is 1. The Morgan fingerprint density at radius 1 is 1.38 bits per heavy atom. The zero-order chi connectivity index (χ0) is 15.1. The number of anilines is 1. The monoisotopic (exact) mass is 305 g/mol. The van der Waals surface area contributed by atoms with E-state index >= 15 is 0 Å². The molecule has 1 aliphatic rings. The highest BCUT2D eigenvalue weighted by molar-refractivity contribution is 7.99. The van der Waals surface area contributed by atoms with Crippen LogP contribution in [0.5, 0.6) is 0 Å². The lowest BCUT2D eigenvalue weighted by Gasteiger charge is -2.23. The molecule has 1 aromatic carbocycles. The molecule has 5 nitrogen and oxygen atoms in total. The number of para-hydroxylation sites is 1. The van der Waals surface area contributed by atoms with Crippen LogP contribution >= 0.6 is 11.8 Å². The maximum absolute atomic E-state index is 12.0. The van der Waals surface area contributed by atoms with Gasteiger partial charge in [0.25, 0.3) is 0 Å². The van der Waals surface area contributed by atoms with Gasteiger partial charge in [-0.25, -0.2) is 4.79 Å². The standard InChI is InChI=1S/C15H19N3O2S/c1-2-8-16-15(20)17-14(19)11-18-9-5-10-21-13-7-4-3-6-12(13)18/h2-4,6-7H,1,5,8-11H2,(H2,16,17,19,20). The molecule has 2 N–H and O–H groups in total. The van der Waals surface area contributed by atoms with Crippen molar-refractivity contribution >= 4 is 29.4 Å². The summed E-state index contributed by atoms with van der Waals surface area (Å²) >= 11 is 1.80. The topological polar surface area (TPSA) is 61.4 Å². The van der Waals surface area contributed by atoms with Gasteiger partial charge in [-0.15, -0.1) is 18.3 Å². The Morgan fingerprint density at radius 3 is 3.00 bits per heavy atom. The number of hydrogen-bond acceptors (Lipinski definition) is 4. The van der Waals surface area contributed by atoms with E-state index in [4.69, 9.17) is 0 Å². The quantitative estimate of drug-likeness (QED) is 0.835. The first-order valence-corrected chi connectivity index (χ1v) is 7.84. The number of nitrogens with one attached hydrogen (secondary N) is 2. The van der Waals surface area contributed by atoms with Crippen LogP contribution in [0.25, 0.3) is 0 Å². The summed E-state index contributed by atoms with van der Waals surface area (Å²) in [5.74, 6) is 0.729. The first-order valence-electron chi connectivity index (χ1n) is 6.86. The maximum Gasteiger partial charge on any atom is 0.321 e. The molecule has 0 saturated heterocycles. The van der Waals surface area contributed by atoms with E-state index in [0.717, 1.165) is 24.4 Å². The van der Waals surface area contributed by atoms with E-state index in [9.17, 15) is 9.59 Å². The summed E-state index contributed by atoms with van der Waals surface area (Å²) in [5.41, 5.74) is 1.06. The van der Waals surface area contributed by atoms with Crippen molar-refractivity contribution in [3.05, 3.63) is 36.9 Å². The highest BCUT2D eigenvalue weighted by atomic mass is 32.2. The fourth-order valence-corrected chi connectivity index (χ4v) is 3.12. The van der Waals surface area contributed by atoms with Gasteiger partial charge in [-0.3, -0.25) is 10.1 Å². The van der Waals surface area contributed by atoms with Crippen molar-refractivity contribution in [3.8, 4) is 0 Å². The van der Waals surface area contributed by atoms with Crippen LogP contribution in [0.3, 0.4) is 0 Å². The molecule has 112 valence electrons. The second-order valence-corrected chi connectivity index (χ2v) is 5.77. The van der Waals surface area contributed by atoms with Gasteiger partial charge in [0.05, 0.1) is 12.2 Å². The average Bonchev–Trinajstić information content (AvgIpc) is 2.68. The predicted octanol–water partition coefficient (Wildman–Crippen LogP) is 2.00. The second kappa shape index (κ2) is 7.73. The van der Waals surface area contributed by atoms with Gasteiger partial charge in [0.1, 0.15) is 0 Å². The Labute approximate surface area is 128 Å². The summed E-state index contributed by atoms with van der Waals surface area (Å²) < 4.78 is 0. The van der Waals surface area contributed by atoms with Gasteiger partial charge in [0, 0.05) is 18.0 Å². The van der Waals surface area contributed by atoms with Crippen LogP contribution in [0.4, 0.5) is 10.5 Å². The minimum absolute atomic E-state index is 0.180. The lowest BCUT2D eigenvalue weighted by atomic mass is 10.2. The molecule has 3 amide bonds. The van der Waals surface area contributed by atoms with Gasteiger partial charge < -0.3 is 10.2 Å². The van der Waals surface area contributed by atoms with E-state index in [-0.39, 0.29) is 12.5 Å². The van der Waals surface area contributed by atoms with Crippen molar-refractivity contribution < 1.29 is 9.59 Å². The van der Waals surface area contributed by atoms with Crippen LogP contribution in [0.2, 0.25) is 0 Å². The van der Waals surface area contributed by atoms with Crippen molar-refractivity contribution in [2.45, 2.75) is 11.3 Å². The number of fused-ring (bicyclic) bond motifs is 1. The third-order valence-corrected chi connectivity index (χ3v) is 4.18. The van der Waals surface area contributed by atoms with Crippen molar-refractivity contribution in [2.75, 3.05) is 30.3 Å². The largest absolute Gasteiger partial charge is 0.361 e. The summed E-state index contributed by atoms with van der Waals surface area (Å²) in [6, 6.07) is 7.55. The van der Waals surface area contributed by atoms with Crippen LogP contribution in [0.1, 0.15) is 6.42 Å². The molecular weight excluding hydrogens is 286 g/mol. The van der Waals surface area contributed by atoms with Gasteiger partial charge in [-0.2, -0.15) is 0 Å². The summed E-state index contributed by atoms with van der Waals surface area (Å²) in [7, 11) is 0. The fraction of sp³-hybridized carbons (Fsp3) is 0.333. The van der Waals surface area contributed by atoms with Gasteiger partial charge in [0.15, 0.2) is 0 Å². The number of imide groups is 1. The van der Waals surface area contributed by atoms with Crippen molar-refractivity contribution in [3.63, 3.8) is 0 Å². The molecule has 0 spiro atoms. The van der Waals surface area contributed by atoms with E-state index in [1.807, 2.05) is 23.1 Å². The van der Waals surface area contributed by atoms with Crippen molar-refractivity contribution in [1.82, 2.24) is 10.6 Å². The SMILES string of the molecule is C=CCNC(=O)NC(=O)CN1CCCSc2ccccc21. The van der Waals surface area contributed by atoms with Crippen LogP contribution in [0, 0.1) is 0 Å². The molecule has 0 saturated carbocycles. The Bertz CT molecular complexity index is 533. The van der Waals surface area contributed by atoms with Crippen LogP contribution in [0.15, 0.2) is 41.8 Å². The summed E-state index contributed by atoms with van der Waals surface area (Å²) in [5, 5.41) is 4.85. The van der Waals surface area contributed by atoms with E-state index in [2.05, 4.69) is 23.3 Å². The Balaban J connectivity index is 1.97. The molecule has 0 bridgehead atoms. The molecule has 2 rings (SSSR count). The first kappa shape index (κ1) is 15.4. The number of thioether (sulfide) groups is 1. The molecule has 0 unspecified atom stereocenters. The van der Waals surface area contributed by atoms with Gasteiger partial charge >= 0.3 is 6.03 Å². The molecule has 0 atom stereocenters. The Morgan fingerprint density at radius 2 is 2.19 bits per heavy atom. The number of carbonyl (C=O) groups excluding carboxylic acids is 2. The van der Waals surface area contributed by atoms with Crippen molar-refractivity contribution in [1.29, 1.82) is 0 Å². The third kappa shape index (κ3) is 4.53. The molecule has 1 aromatic rings. The Hall–Kier alpha value is -1.95. The van der Waals surface area contributed by atoms with E-state index < -0.39 is 6.03 Å². The molecule has 0 aliphatic carbocycles. The number of urea groups is 1. The minimum Gasteiger partial charge on any atom is -0.361 e. The van der Waals surface area contributed by atoms with Crippen LogP contribution in [-0.2, 0) is 4.79 Å². The molecule has 0 aromatic heterocycles. The summed E-state index contributed by atoms with van der Waals surface area (Å²) in [4.78, 5) is 26.6. The van der Waals surface area contributed by atoms with E-state index in [0.29, 0.717) is 6.54 Å². The molecular formula is C15H19N3O2S. The fourth-order valence-electron chi connectivity index (χ4n) is 2.11. The predicted molar refractivity (Wildman–Crippen MR) is 85.7 cm³/mol. The van der Waals surface area contributed by atoms with Gasteiger partial charge in [-0.1, -0.05) is 18.2 Å². The summed E-state index contributed by atoms with van der Waals surface area (Å²) in [6.07, 6.45) is 2.57. The number of amides is 3. The van der Waals surface area contributed by atoms with Gasteiger partial charge in [-0.05, 0) is 24.3 Å². The molecule has 21 heavy (non-hydrogen) atoms. The zero-order valence-electron chi connectivity index (χ0n) is 11.8. The highest BCUT2D eigenvalue weighted by Crippen LogP contribution is 2.33. The molecule has 6 heteroatoms. The highest BCUT2D eigenvalue weighted by Gasteiger charge is 2.18. The van der Waals surface area contributed by atoms with Crippen LogP contribution in [-0.4, -0.2) is 37.3 Å². The summed E-state index contributed by atoms with van der Waals surface area (Å²) in [6.45, 7) is 4.83. The molecule has 1 aliphatic heterocycles. The maximum atomic E-state index is 12.0. The average molecular weight is 305 g/mol. The smallest absolute Gasteiger partial charge is 0.321 e. The molecule has 0 fully saturated rings. The van der Waals surface area contributed by atoms with Crippen molar-refractivity contribution in [2.24, 2.45) is 0 Å². The molecule has 1 heterocycles. The second-order valence-electron chi connectivity index (χ2n) is 4.64. The Kier molecular flexibility index (Phi) is 5.68. The first-order chi connectivity index (χ1) is 10.2. The number of carbonyl (C=O) groups is 2. The van der Waals surface area contributed by atoms with E-state index in [1.54, 1.807) is 17.8 Å². The minimum atomic E-state index is -0.489.